The van der Waals surface area contributed by atoms with Crippen molar-refractivity contribution in [3.05, 3.63) is 52.2 Å². The third-order valence-electron chi connectivity index (χ3n) is 4.27. The highest BCUT2D eigenvalue weighted by molar-refractivity contribution is 7.10. The van der Waals surface area contributed by atoms with Gasteiger partial charge in [0.1, 0.15) is 0 Å². The molecule has 1 N–H and O–H groups in total. The van der Waals surface area contributed by atoms with Crippen LogP contribution in [0.15, 0.2) is 41.8 Å². The van der Waals surface area contributed by atoms with Crippen LogP contribution in [0.4, 0.5) is 5.69 Å². The van der Waals surface area contributed by atoms with E-state index in [0.717, 1.165) is 25.3 Å². The summed E-state index contributed by atoms with van der Waals surface area (Å²) < 4.78 is 0. The first-order chi connectivity index (χ1) is 9.81. The third-order valence-corrected chi connectivity index (χ3v) is 5.32. The van der Waals surface area contributed by atoms with Crippen LogP contribution in [0.3, 0.4) is 0 Å². The zero-order chi connectivity index (χ0) is 13.5. The molecule has 2 aromatic rings. The fraction of sp³-hybridized carbons (Fsp3) is 0.312. The summed E-state index contributed by atoms with van der Waals surface area (Å²) in [6.45, 7) is 2.78. The molecule has 1 aromatic heterocycles. The predicted molar refractivity (Wildman–Crippen MR) is 80.9 cm³/mol. The summed E-state index contributed by atoms with van der Waals surface area (Å²) in [7, 11) is 0. The Morgan fingerprint density at radius 3 is 2.80 bits per heavy atom. The van der Waals surface area contributed by atoms with Gasteiger partial charge in [-0.25, -0.2) is 0 Å². The van der Waals surface area contributed by atoms with Crippen LogP contribution in [0.1, 0.15) is 16.4 Å². The molecule has 0 radical (unpaired) electrons. The molecule has 4 heteroatoms. The highest BCUT2D eigenvalue weighted by Crippen LogP contribution is 2.43. The topological polar surface area (TPSA) is 32.3 Å². The molecule has 0 bridgehead atoms. The molecule has 2 atom stereocenters. The molecule has 0 aliphatic carbocycles. The molecule has 102 valence electrons. The summed E-state index contributed by atoms with van der Waals surface area (Å²) in [4.78, 5) is 16.0. The lowest BCUT2D eigenvalue weighted by Gasteiger charge is -2.23. The van der Waals surface area contributed by atoms with Crippen molar-refractivity contribution in [3.63, 3.8) is 0 Å². The summed E-state index contributed by atoms with van der Waals surface area (Å²) in [6, 6.07) is 12.5. The molecule has 1 aromatic carbocycles. The Morgan fingerprint density at radius 2 is 1.95 bits per heavy atom. The number of anilines is 1. The Kier molecular flexibility index (Phi) is 2.86. The number of hydrogen-bond acceptors (Lipinski definition) is 3. The monoisotopic (exact) mass is 284 g/mol. The van der Waals surface area contributed by atoms with Gasteiger partial charge in [0, 0.05) is 30.4 Å². The van der Waals surface area contributed by atoms with Gasteiger partial charge in [0.15, 0.2) is 0 Å². The van der Waals surface area contributed by atoms with Gasteiger partial charge in [0.25, 0.3) is 0 Å². The molecule has 4 rings (SSSR count). The fourth-order valence-corrected chi connectivity index (χ4v) is 4.33. The van der Waals surface area contributed by atoms with E-state index >= 15 is 0 Å². The lowest BCUT2D eigenvalue weighted by molar-refractivity contribution is -0.120. The van der Waals surface area contributed by atoms with Crippen LogP contribution >= 0.6 is 11.3 Å². The van der Waals surface area contributed by atoms with Crippen LogP contribution in [0.25, 0.3) is 0 Å². The van der Waals surface area contributed by atoms with Crippen molar-refractivity contribution in [2.75, 3.05) is 18.4 Å². The zero-order valence-electron chi connectivity index (χ0n) is 11.1. The van der Waals surface area contributed by atoms with E-state index in [0.29, 0.717) is 5.92 Å². The Bertz CT molecular complexity index is 637. The number of fused-ring (bicyclic) bond motifs is 3. The van der Waals surface area contributed by atoms with E-state index in [2.05, 4.69) is 39.9 Å². The van der Waals surface area contributed by atoms with E-state index in [-0.39, 0.29) is 11.8 Å². The minimum Gasteiger partial charge on any atom is -0.325 e. The number of likely N-dealkylation sites (tertiary alicyclic amines) is 1. The first-order valence-electron chi connectivity index (χ1n) is 6.96. The number of carbonyl (C=O) groups excluding carboxylic acids is 1. The second-order valence-corrected chi connectivity index (χ2v) is 6.53. The quantitative estimate of drug-likeness (QED) is 0.919. The lowest BCUT2D eigenvalue weighted by Crippen LogP contribution is -2.32. The maximum Gasteiger partial charge on any atom is 0.229 e. The molecule has 0 unspecified atom stereocenters. The van der Waals surface area contributed by atoms with Crippen LogP contribution in [-0.2, 0) is 11.3 Å². The molecular weight excluding hydrogens is 268 g/mol. The van der Waals surface area contributed by atoms with Crippen molar-refractivity contribution < 1.29 is 4.79 Å². The molecule has 3 nitrogen and oxygen atoms in total. The standard InChI is InChI=1S/C16H16N2OS/c19-16-13-10-18(8-11-4-2-1-3-5-11)9-12(13)15-14(17-16)6-7-20-15/h1-7,12-13H,8-10H2,(H,17,19)/t12-,13-/m0/s1. The fourth-order valence-electron chi connectivity index (χ4n) is 3.32. The SMILES string of the molecule is O=C1Nc2ccsc2[C@H]2CN(Cc3ccccc3)C[C@H]12. The highest BCUT2D eigenvalue weighted by Gasteiger charge is 2.43. The van der Waals surface area contributed by atoms with Gasteiger partial charge in [0.2, 0.25) is 5.91 Å². The Hall–Kier alpha value is -1.65. The minimum absolute atomic E-state index is 0.116. The minimum atomic E-state index is 0.116. The van der Waals surface area contributed by atoms with Crippen molar-refractivity contribution in [2.45, 2.75) is 12.5 Å². The van der Waals surface area contributed by atoms with Gasteiger partial charge in [-0.15, -0.1) is 11.3 Å². The number of nitrogens with zero attached hydrogens (tertiary/aromatic N) is 1. The van der Waals surface area contributed by atoms with E-state index in [1.54, 1.807) is 11.3 Å². The van der Waals surface area contributed by atoms with Gasteiger partial charge < -0.3 is 5.32 Å². The number of thiophene rings is 1. The second kappa shape index (κ2) is 4.72. The predicted octanol–water partition coefficient (Wildman–Crippen LogP) is 2.92. The maximum atomic E-state index is 12.2. The van der Waals surface area contributed by atoms with Gasteiger partial charge in [-0.2, -0.15) is 0 Å². The van der Waals surface area contributed by atoms with Crippen molar-refractivity contribution in [1.82, 2.24) is 4.90 Å². The van der Waals surface area contributed by atoms with Crippen molar-refractivity contribution in [2.24, 2.45) is 5.92 Å². The molecule has 1 amide bonds. The van der Waals surface area contributed by atoms with E-state index in [4.69, 9.17) is 0 Å². The second-order valence-electron chi connectivity index (χ2n) is 5.58. The molecule has 1 saturated heterocycles. The van der Waals surface area contributed by atoms with Crippen LogP contribution in [0.5, 0.6) is 0 Å². The van der Waals surface area contributed by atoms with Gasteiger partial charge in [-0.3, -0.25) is 9.69 Å². The molecule has 20 heavy (non-hydrogen) atoms. The smallest absolute Gasteiger partial charge is 0.229 e. The Labute approximate surface area is 122 Å². The molecular formula is C16H16N2OS. The molecule has 0 saturated carbocycles. The van der Waals surface area contributed by atoms with E-state index < -0.39 is 0 Å². The van der Waals surface area contributed by atoms with E-state index in [1.807, 2.05) is 12.1 Å². The number of nitrogens with one attached hydrogen (secondary N) is 1. The maximum absolute atomic E-state index is 12.2. The van der Waals surface area contributed by atoms with E-state index in [1.165, 1.54) is 10.4 Å². The molecule has 0 spiro atoms. The number of rotatable bonds is 2. The number of amides is 1. The van der Waals surface area contributed by atoms with Crippen molar-refractivity contribution in [3.8, 4) is 0 Å². The number of carbonyl (C=O) groups is 1. The lowest BCUT2D eigenvalue weighted by atomic mass is 9.90. The van der Waals surface area contributed by atoms with Crippen LogP contribution in [0, 0.1) is 5.92 Å². The van der Waals surface area contributed by atoms with Crippen LogP contribution < -0.4 is 5.32 Å². The Balaban J connectivity index is 1.57. The summed E-state index contributed by atoms with van der Waals surface area (Å²) in [5.41, 5.74) is 2.35. The van der Waals surface area contributed by atoms with Crippen LogP contribution in [-0.4, -0.2) is 23.9 Å². The molecule has 3 heterocycles. The normalized spacial score (nSPS) is 25.1. The van der Waals surface area contributed by atoms with Gasteiger partial charge in [-0.05, 0) is 17.0 Å². The van der Waals surface area contributed by atoms with Crippen molar-refractivity contribution >= 4 is 22.9 Å². The summed E-state index contributed by atoms with van der Waals surface area (Å²) in [6.07, 6.45) is 0. The largest absolute Gasteiger partial charge is 0.325 e. The molecule has 2 aliphatic heterocycles. The van der Waals surface area contributed by atoms with E-state index in [9.17, 15) is 4.79 Å². The first kappa shape index (κ1) is 12.1. The molecule has 1 fully saturated rings. The zero-order valence-corrected chi connectivity index (χ0v) is 11.9. The first-order valence-corrected chi connectivity index (χ1v) is 7.84. The third kappa shape index (κ3) is 1.96. The number of benzene rings is 1. The summed E-state index contributed by atoms with van der Waals surface area (Å²) >= 11 is 1.77. The van der Waals surface area contributed by atoms with Crippen molar-refractivity contribution in [1.29, 1.82) is 0 Å². The average molecular weight is 284 g/mol. The van der Waals surface area contributed by atoms with Crippen LogP contribution in [0.2, 0.25) is 0 Å². The average Bonchev–Trinajstić information content (AvgIpc) is 3.06. The summed E-state index contributed by atoms with van der Waals surface area (Å²) in [5.74, 6) is 0.684. The highest BCUT2D eigenvalue weighted by atomic mass is 32.1. The van der Waals surface area contributed by atoms with Gasteiger partial charge in [-0.1, -0.05) is 30.3 Å². The number of hydrogen-bond donors (Lipinski definition) is 1. The summed E-state index contributed by atoms with van der Waals surface area (Å²) in [5, 5.41) is 5.12. The van der Waals surface area contributed by atoms with Gasteiger partial charge >= 0.3 is 0 Å². The Morgan fingerprint density at radius 1 is 1.15 bits per heavy atom. The van der Waals surface area contributed by atoms with Gasteiger partial charge in [0.05, 0.1) is 11.6 Å². The molecule has 2 aliphatic rings.